The largest absolute Gasteiger partial charge is 0.391 e. The van der Waals surface area contributed by atoms with Crippen molar-refractivity contribution in [3.8, 4) is 0 Å². The van der Waals surface area contributed by atoms with E-state index in [-0.39, 0.29) is 0 Å². The molecule has 22 heavy (non-hydrogen) atoms. The molecule has 4 fully saturated rings. The number of fused-ring (bicyclic) bond motifs is 2. The van der Waals surface area contributed by atoms with Crippen LogP contribution in [0.25, 0.3) is 0 Å². The lowest BCUT2D eigenvalue weighted by Crippen LogP contribution is -3.30. The number of aliphatic hydroxyl groups excluding tert-OH is 1. The summed E-state index contributed by atoms with van der Waals surface area (Å²) >= 11 is 0. The van der Waals surface area contributed by atoms with Crippen molar-refractivity contribution < 1.29 is 19.8 Å². The number of aliphatic hydroxyl groups is 1. The van der Waals surface area contributed by atoms with Gasteiger partial charge in [0.25, 0.3) is 0 Å². The zero-order valence-electron chi connectivity index (χ0n) is 14.2. The maximum Gasteiger partial charge on any atom is 0.127 e. The molecule has 126 valence electrons. The molecule has 2 aliphatic carbocycles. The third-order valence-electron chi connectivity index (χ3n) is 7.53. The molecule has 2 heterocycles. The van der Waals surface area contributed by atoms with E-state index in [2.05, 4.69) is 0 Å². The molecule has 2 aliphatic heterocycles. The van der Waals surface area contributed by atoms with Gasteiger partial charge in [-0.15, -0.1) is 0 Å². The summed E-state index contributed by atoms with van der Waals surface area (Å²) in [6.07, 6.45) is 9.14. The van der Waals surface area contributed by atoms with Gasteiger partial charge < -0.3 is 19.8 Å². The van der Waals surface area contributed by atoms with E-state index in [4.69, 9.17) is 5.11 Å². The molecule has 2 saturated heterocycles. The highest BCUT2D eigenvalue weighted by Gasteiger charge is 2.46. The molecule has 4 rings (SSSR count). The van der Waals surface area contributed by atoms with Crippen LogP contribution in [0.2, 0.25) is 0 Å². The van der Waals surface area contributed by atoms with Crippen LogP contribution >= 0.6 is 0 Å². The van der Waals surface area contributed by atoms with Crippen LogP contribution in [0.1, 0.15) is 38.5 Å². The second kappa shape index (κ2) is 6.76. The summed E-state index contributed by atoms with van der Waals surface area (Å²) in [4.78, 5) is 5.48. The molecule has 4 aliphatic rings. The first kappa shape index (κ1) is 15.4. The Labute approximate surface area is 135 Å². The van der Waals surface area contributed by atoms with E-state index in [0.29, 0.717) is 6.61 Å². The number of nitrogens with one attached hydrogen (secondary N) is 3. The molecule has 4 heteroatoms. The fourth-order valence-electron chi connectivity index (χ4n) is 6.25. The van der Waals surface area contributed by atoms with E-state index in [1.165, 1.54) is 52.1 Å². The number of piperidine rings is 1. The SMILES string of the molecule is OCC[NH+]1CC[NH+](C2CC[NH+]([C@H]3C[C@@H]4CC[C@@H]3C4)CC2)CC1. The Balaban J connectivity index is 1.23. The highest BCUT2D eigenvalue weighted by atomic mass is 16.3. The second-order valence-electron chi connectivity index (χ2n) is 8.60. The molecule has 0 aromatic carbocycles. The lowest BCUT2D eigenvalue weighted by atomic mass is 9.91. The van der Waals surface area contributed by atoms with Crippen LogP contribution in [0.3, 0.4) is 0 Å². The van der Waals surface area contributed by atoms with E-state index >= 15 is 0 Å². The Morgan fingerprint density at radius 3 is 2.14 bits per heavy atom. The minimum atomic E-state index is 0.357. The molecule has 4 nitrogen and oxygen atoms in total. The van der Waals surface area contributed by atoms with Gasteiger partial charge in [0.1, 0.15) is 32.7 Å². The minimum Gasteiger partial charge on any atom is -0.391 e. The molecule has 0 aromatic rings. The van der Waals surface area contributed by atoms with Crippen LogP contribution in [0.4, 0.5) is 0 Å². The summed E-state index contributed by atoms with van der Waals surface area (Å²) in [5.41, 5.74) is 0. The van der Waals surface area contributed by atoms with Crippen molar-refractivity contribution in [1.82, 2.24) is 0 Å². The first-order valence-corrected chi connectivity index (χ1v) is 9.97. The Hall–Kier alpha value is -0.160. The van der Waals surface area contributed by atoms with Gasteiger partial charge in [-0.2, -0.15) is 0 Å². The Bertz CT molecular complexity index is 361. The number of quaternary nitrogens is 3. The van der Waals surface area contributed by atoms with Crippen LogP contribution in [0.5, 0.6) is 0 Å². The molecular formula is C18H36N3O+3. The first-order chi connectivity index (χ1) is 10.8. The predicted octanol–water partition coefficient (Wildman–Crippen LogP) is -3.00. The van der Waals surface area contributed by atoms with E-state index in [1.54, 1.807) is 30.6 Å². The number of hydrogen-bond acceptors (Lipinski definition) is 1. The molecule has 3 atom stereocenters. The van der Waals surface area contributed by atoms with Gasteiger partial charge in [-0.25, -0.2) is 0 Å². The van der Waals surface area contributed by atoms with Crippen LogP contribution in [-0.4, -0.2) is 69.6 Å². The quantitative estimate of drug-likeness (QED) is 0.439. The lowest BCUT2D eigenvalue weighted by Gasteiger charge is -2.40. The highest BCUT2D eigenvalue weighted by Crippen LogP contribution is 2.43. The molecule has 2 saturated carbocycles. The van der Waals surface area contributed by atoms with Gasteiger partial charge in [0.15, 0.2) is 0 Å². The zero-order chi connectivity index (χ0) is 14.9. The standard InChI is InChI=1S/C18H33N3O/c22-12-11-19-7-9-20(10-8-19)17-3-5-21(6-4-17)18-14-15-1-2-16(18)13-15/h15-18,22H,1-14H2/p+3/t15-,16-,18+/m1/s1. The zero-order valence-corrected chi connectivity index (χ0v) is 14.2. The molecule has 0 aromatic heterocycles. The number of likely N-dealkylation sites (tertiary alicyclic amines) is 1. The molecule has 0 spiro atoms. The van der Waals surface area contributed by atoms with Crippen molar-refractivity contribution in [2.24, 2.45) is 11.8 Å². The maximum atomic E-state index is 9.08. The third-order valence-corrected chi connectivity index (χ3v) is 7.53. The highest BCUT2D eigenvalue weighted by molar-refractivity contribution is 4.90. The molecular weight excluding hydrogens is 274 g/mol. The molecule has 0 amide bonds. The van der Waals surface area contributed by atoms with Crippen LogP contribution in [-0.2, 0) is 0 Å². The van der Waals surface area contributed by atoms with Gasteiger partial charge in [-0.05, 0) is 25.2 Å². The summed E-state index contributed by atoms with van der Waals surface area (Å²) in [6, 6.07) is 1.98. The smallest absolute Gasteiger partial charge is 0.127 e. The Morgan fingerprint density at radius 1 is 0.773 bits per heavy atom. The summed E-state index contributed by atoms with van der Waals surface area (Å²) < 4.78 is 0. The minimum absolute atomic E-state index is 0.357. The summed E-state index contributed by atoms with van der Waals surface area (Å²) in [6.45, 7) is 9.44. The summed E-state index contributed by atoms with van der Waals surface area (Å²) in [5.74, 6) is 2.20. The van der Waals surface area contributed by atoms with Crippen molar-refractivity contribution in [1.29, 1.82) is 0 Å². The van der Waals surface area contributed by atoms with E-state index in [1.807, 2.05) is 9.80 Å². The van der Waals surface area contributed by atoms with Crippen LogP contribution < -0.4 is 14.7 Å². The molecule has 2 bridgehead atoms. The van der Waals surface area contributed by atoms with E-state index < -0.39 is 0 Å². The fraction of sp³-hybridized carbons (Fsp3) is 1.00. The van der Waals surface area contributed by atoms with Gasteiger partial charge in [-0.1, -0.05) is 0 Å². The second-order valence-corrected chi connectivity index (χ2v) is 8.60. The molecule has 0 radical (unpaired) electrons. The van der Waals surface area contributed by atoms with Gasteiger partial charge in [0, 0.05) is 25.2 Å². The van der Waals surface area contributed by atoms with Crippen molar-refractivity contribution in [2.45, 2.75) is 50.6 Å². The fourth-order valence-corrected chi connectivity index (χ4v) is 6.25. The van der Waals surface area contributed by atoms with Crippen LogP contribution in [0, 0.1) is 11.8 Å². The van der Waals surface area contributed by atoms with Crippen molar-refractivity contribution >= 4 is 0 Å². The lowest BCUT2D eigenvalue weighted by molar-refractivity contribution is -1.03. The molecule has 4 N–H and O–H groups in total. The topological polar surface area (TPSA) is 33.6 Å². The van der Waals surface area contributed by atoms with Gasteiger partial charge >= 0.3 is 0 Å². The van der Waals surface area contributed by atoms with Crippen molar-refractivity contribution in [3.63, 3.8) is 0 Å². The summed E-state index contributed by atoms with van der Waals surface area (Å²) in [7, 11) is 0. The average Bonchev–Trinajstić information content (AvgIpc) is 3.19. The van der Waals surface area contributed by atoms with Gasteiger partial charge in [0.05, 0.1) is 31.8 Å². The number of piperazine rings is 1. The van der Waals surface area contributed by atoms with Crippen LogP contribution in [0.15, 0.2) is 0 Å². The Kier molecular flexibility index (Phi) is 4.72. The first-order valence-electron chi connectivity index (χ1n) is 9.97. The van der Waals surface area contributed by atoms with Crippen molar-refractivity contribution in [3.05, 3.63) is 0 Å². The van der Waals surface area contributed by atoms with Gasteiger partial charge in [0.2, 0.25) is 0 Å². The third kappa shape index (κ3) is 3.08. The average molecular weight is 311 g/mol. The predicted molar refractivity (Wildman–Crippen MR) is 86.3 cm³/mol. The summed E-state index contributed by atoms with van der Waals surface area (Å²) in [5, 5.41) is 9.08. The maximum absolute atomic E-state index is 9.08. The number of hydrogen-bond donors (Lipinski definition) is 4. The number of rotatable bonds is 4. The van der Waals surface area contributed by atoms with E-state index in [9.17, 15) is 0 Å². The molecule has 0 unspecified atom stereocenters. The van der Waals surface area contributed by atoms with E-state index in [0.717, 1.165) is 30.5 Å². The normalized spacial score (nSPS) is 48.7. The monoisotopic (exact) mass is 310 g/mol. The van der Waals surface area contributed by atoms with Crippen molar-refractivity contribution in [2.75, 3.05) is 52.4 Å². The van der Waals surface area contributed by atoms with Gasteiger partial charge in [-0.3, -0.25) is 0 Å². The Morgan fingerprint density at radius 2 is 1.55 bits per heavy atom.